The van der Waals surface area contributed by atoms with Gasteiger partial charge < -0.3 is 14.4 Å². The van der Waals surface area contributed by atoms with Crippen molar-refractivity contribution in [3.05, 3.63) is 35.1 Å². The Labute approximate surface area is 167 Å². The maximum Gasteiger partial charge on any atom is 0.291 e. The second kappa shape index (κ2) is 10.5. The number of piperidine rings is 1. The molecule has 0 aliphatic carbocycles. The number of methoxy groups -OCH3 is 1. The van der Waals surface area contributed by atoms with Gasteiger partial charge in [0.05, 0.1) is 12.2 Å². The van der Waals surface area contributed by atoms with E-state index in [-0.39, 0.29) is 23.4 Å². The quantitative estimate of drug-likeness (QED) is 0.549. The third-order valence-electron chi connectivity index (χ3n) is 5.36. The molecule has 1 aliphatic heterocycles. The van der Waals surface area contributed by atoms with Gasteiger partial charge in [-0.05, 0) is 43.0 Å². The Kier molecular flexibility index (Phi) is 8.38. The van der Waals surface area contributed by atoms with Crippen LogP contribution >= 0.6 is 0 Å². The number of nitrogens with one attached hydrogen (secondary N) is 2. The molecule has 0 unspecified atom stereocenters. The summed E-state index contributed by atoms with van der Waals surface area (Å²) >= 11 is 0. The van der Waals surface area contributed by atoms with Crippen LogP contribution in [-0.2, 0) is 9.47 Å². The highest BCUT2D eigenvalue weighted by Crippen LogP contribution is 2.20. The fourth-order valence-corrected chi connectivity index (χ4v) is 3.53. The van der Waals surface area contributed by atoms with E-state index in [9.17, 15) is 4.39 Å². The molecule has 0 spiro atoms. The van der Waals surface area contributed by atoms with Gasteiger partial charge in [-0.25, -0.2) is 4.39 Å². The van der Waals surface area contributed by atoms with Crippen molar-refractivity contribution in [1.29, 1.82) is 10.8 Å². The Bertz CT molecular complexity index is 672. The molecule has 1 aromatic carbocycles. The SMILES string of the molecule is CCN(CCOC)C1CCN(C(=N)OC(=N)c2ccc(C(C)C)cc2F)CC1. The second-order valence-corrected chi connectivity index (χ2v) is 7.47. The Hall–Kier alpha value is -1.99. The average molecular weight is 393 g/mol. The lowest BCUT2D eigenvalue weighted by Gasteiger charge is -2.38. The lowest BCUT2D eigenvalue weighted by atomic mass is 10.0. The molecule has 0 aromatic heterocycles. The third-order valence-corrected chi connectivity index (χ3v) is 5.36. The van der Waals surface area contributed by atoms with Crippen LogP contribution in [0.2, 0.25) is 0 Å². The first kappa shape index (κ1) is 22.3. The summed E-state index contributed by atoms with van der Waals surface area (Å²) in [4.78, 5) is 4.22. The van der Waals surface area contributed by atoms with Gasteiger partial charge in [0.1, 0.15) is 5.82 Å². The van der Waals surface area contributed by atoms with Gasteiger partial charge in [-0.2, -0.15) is 0 Å². The molecule has 7 heteroatoms. The minimum atomic E-state index is -0.487. The molecule has 0 amide bonds. The maximum absolute atomic E-state index is 14.3. The fraction of sp³-hybridized carbons (Fsp3) is 0.619. The van der Waals surface area contributed by atoms with Crippen LogP contribution in [-0.4, -0.2) is 67.7 Å². The molecule has 1 saturated heterocycles. The summed E-state index contributed by atoms with van der Waals surface area (Å²) in [6, 6.07) is 5.17. The number of halogens is 1. The molecule has 1 fully saturated rings. The summed E-state index contributed by atoms with van der Waals surface area (Å²) in [5.41, 5.74) is 0.959. The first-order valence-electron chi connectivity index (χ1n) is 10.00. The highest BCUT2D eigenvalue weighted by atomic mass is 19.1. The number of hydrogen-bond donors (Lipinski definition) is 2. The van der Waals surface area contributed by atoms with Crippen LogP contribution in [0.3, 0.4) is 0 Å². The van der Waals surface area contributed by atoms with Crippen LogP contribution in [0.5, 0.6) is 0 Å². The van der Waals surface area contributed by atoms with Crippen molar-refractivity contribution in [1.82, 2.24) is 9.80 Å². The van der Waals surface area contributed by atoms with Gasteiger partial charge in [-0.15, -0.1) is 0 Å². The van der Waals surface area contributed by atoms with Crippen LogP contribution in [0.15, 0.2) is 18.2 Å². The molecule has 2 N–H and O–H groups in total. The second-order valence-electron chi connectivity index (χ2n) is 7.47. The zero-order chi connectivity index (χ0) is 20.7. The van der Waals surface area contributed by atoms with E-state index in [0.717, 1.165) is 31.5 Å². The minimum absolute atomic E-state index is 0.0840. The number of amidine groups is 1. The third kappa shape index (κ3) is 5.75. The molecule has 0 atom stereocenters. The molecule has 1 aliphatic rings. The fourth-order valence-electron chi connectivity index (χ4n) is 3.53. The van der Waals surface area contributed by atoms with Crippen molar-refractivity contribution in [3.63, 3.8) is 0 Å². The van der Waals surface area contributed by atoms with E-state index in [1.54, 1.807) is 19.2 Å². The lowest BCUT2D eigenvalue weighted by molar-refractivity contribution is 0.0941. The van der Waals surface area contributed by atoms with Crippen molar-refractivity contribution < 1.29 is 13.9 Å². The number of rotatable bonds is 7. The molecular weight excluding hydrogens is 359 g/mol. The van der Waals surface area contributed by atoms with E-state index in [1.807, 2.05) is 18.7 Å². The number of nitrogens with zero attached hydrogens (tertiary/aromatic N) is 2. The molecule has 1 heterocycles. The zero-order valence-electron chi connectivity index (χ0n) is 17.4. The highest BCUT2D eigenvalue weighted by molar-refractivity contribution is 5.98. The van der Waals surface area contributed by atoms with E-state index in [2.05, 4.69) is 11.8 Å². The van der Waals surface area contributed by atoms with Crippen molar-refractivity contribution in [2.45, 2.75) is 45.6 Å². The van der Waals surface area contributed by atoms with E-state index >= 15 is 0 Å². The summed E-state index contributed by atoms with van der Waals surface area (Å²) in [6.45, 7) is 10.1. The summed E-state index contributed by atoms with van der Waals surface area (Å²) in [5, 5.41) is 16.2. The molecule has 0 radical (unpaired) electrons. The topological polar surface area (TPSA) is 72.6 Å². The first-order chi connectivity index (χ1) is 13.4. The predicted molar refractivity (Wildman–Crippen MR) is 110 cm³/mol. The summed E-state index contributed by atoms with van der Waals surface area (Å²) < 4.78 is 24.9. The molecule has 2 rings (SSSR count). The minimum Gasteiger partial charge on any atom is -0.407 e. The van der Waals surface area contributed by atoms with Crippen molar-refractivity contribution in [3.8, 4) is 0 Å². The molecule has 0 saturated carbocycles. The normalized spacial score (nSPS) is 15.3. The highest BCUT2D eigenvalue weighted by Gasteiger charge is 2.26. The zero-order valence-corrected chi connectivity index (χ0v) is 17.4. The van der Waals surface area contributed by atoms with Crippen LogP contribution in [0, 0.1) is 16.6 Å². The number of likely N-dealkylation sites (tertiary alicyclic amines) is 1. The number of hydrogen-bond acceptors (Lipinski definition) is 5. The van der Waals surface area contributed by atoms with Crippen LogP contribution in [0.25, 0.3) is 0 Å². The summed E-state index contributed by atoms with van der Waals surface area (Å²) in [6.07, 6.45) is 1.85. The summed E-state index contributed by atoms with van der Waals surface area (Å²) in [5.74, 6) is -0.598. The monoisotopic (exact) mass is 392 g/mol. The Morgan fingerprint density at radius 2 is 1.96 bits per heavy atom. The van der Waals surface area contributed by atoms with Gasteiger partial charge in [0, 0.05) is 32.8 Å². The van der Waals surface area contributed by atoms with Gasteiger partial charge in [0.15, 0.2) is 0 Å². The van der Waals surface area contributed by atoms with E-state index < -0.39 is 5.82 Å². The largest absolute Gasteiger partial charge is 0.407 e. The Morgan fingerprint density at radius 1 is 1.29 bits per heavy atom. The molecule has 28 heavy (non-hydrogen) atoms. The molecule has 156 valence electrons. The maximum atomic E-state index is 14.3. The Balaban J connectivity index is 1.89. The lowest BCUT2D eigenvalue weighted by Crippen LogP contribution is -2.48. The van der Waals surface area contributed by atoms with E-state index in [1.165, 1.54) is 6.07 Å². The number of likely N-dealkylation sites (N-methyl/N-ethyl adjacent to an activating group) is 1. The van der Waals surface area contributed by atoms with Crippen LogP contribution < -0.4 is 0 Å². The van der Waals surface area contributed by atoms with Crippen LogP contribution in [0.4, 0.5) is 4.39 Å². The standard InChI is InChI=1S/C21H33FN4O2/c1-5-25(12-13-27-4)17-8-10-26(11-9-17)21(24)28-20(23)18-7-6-16(15(2)3)14-19(18)22/h6-7,14-15,17,23-24H,5,8-13H2,1-4H3. The number of ether oxygens (including phenoxy) is 2. The molecular formula is C21H33FN4O2. The molecule has 6 nitrogen and oxygen atoms in total. The van der Waals surface area contributed by atoms with Gasteiger partial charge in [-0.1, -0.05) is 26.8 Å². The Morgan fingerprint density at radius 3 is 2.50 bits per heavy atom. The van der Waals surface area contributed by atoms with Gasteiger partial charge in [0.2, 0.25) is 5.90 Å². The van der Waals surface area contributed by atoms with Crippen molar-refractivity contribution in [2.75, 3.05) is 39.9 Å². The van der Waals surface area contributed by atoms with Crippen molar-refractivity contribution >= 4 is 11.9 Å². The van der Waals surface area contributed by atoms with Gasteiger partial charge in [-0.3, -0.25) is 15.7 Å². The van der Waals surface area contributed by atoms with E-state index in [4.69, 9.17) is 20.3 Å². The number of benzene rings is 1. The average Bonchev–Trinajstić information content (AvgIpc) is 2.68. The first-order valence-corrected chi connectivity index (χ1v) is 10.00. The summed E-state index contributed by atoms with van der Waals surface area (Å²) in [7, 11) is 1.71. The molecule has 1 aromatic rings. The van der Waals surface area contributed by atoms with Gasteiger partial charge in [0.25, 0.3) is 6.02 Å². The van der Waals surface area contributed by atoms with Crippen LogP contribution in [0.1, 0.15) is 50.7 Å². The van der Waals surface area contributed by atoms with E-state index in [0.29, 0.717) is 25.7 Å². The predicted octanol–water partition coefficient (Wildman–Crippen LogP) is 3.66. The smallest absolute Gasteiger partial charge is 0.291 e. The van der Waals surface area contributed by atoms with Crippen molar-refractivity contribution in [2.24, 2.45) is 0 Å². The molecule has 0 bridgehead atoms. The van der Waals surface area contributed by atoms with Gasteiger partial charge >= 0.3 is 0 Å².